The van der Waals surface area contributed by atoms with Crippen molar-refractivity contribution in [2.75, 3.05) is 13.2 Å². The molecule has 0 fully saturated rings. The fourth-order valence-electron chi connectivity index (χ4n) is 0.836. The average molecular weight is 330 g/mol. The Labute approximate surface area is 112 Å². The Kier molecular flexibility index (Phi) is 6.54. The first kappa shape index (κ1) is 19.6. The SMILES string of the molecule is CC(=O)OC(=O)CCOC(F)(F)C(F)(F)COC(F)(F)F. The van der Waals surface area contributed by atoms with E-state index in [1.165, 1.54) is 0 Å². The zero-order valence-corrected chi connectivity index (χ0v) is 10.3. The largest absolute Gasteiger partial charge is 0.522 e. The first-order valence-electron chi connectivity index (χ1n) is 5.08. The molecule has 0 aliphatic rings. The van der Waals surface area contributed by atoms with Gasteiger partial charge in [0.25, 0.3) is 0 Å². The highest BCUT2D eigenvalue weighted by atomic mass is 19.4. The van der Waals surface area contributed by atoms with Crippen LogP contribution in [0.25, 0.3) is 0 Å². The van der Waals surface area contributed by atoms with Gasteiger partial charge in [-0.3, -0.25) is 14.3 Å². The van der Waals surface area contributed by atoms with Gasteiger partial charge in [0.2, 0.25) is 0 Å². The summed E-state index contributed by atoms with van der Waals surface area (Å²) in [4.78, 5) is 21.0. The lowest BCUT2D eigenvalue weighted by atomic mass is 10.3. The van der Waals surface area contributed by atoms with Gasteiger partial charge in [-0.05, 0) is 0 Å². The standard InChI is InChI=1S/C9H9F7O5/c1-5(17)21-6(18)2-3-19-8(12,13)7(10,11)4-20-9(14,15)16/h2-4H2,1H3. The second kappa shape index (κ2) is 7.02. The molecule has 0 aromatic heterocycles. The summed E-state index contributed by atoms with van der Waals surface area (Å²) in [5, 5.41) is 0. The molecule has 5 nitrogen and oxygen atoms in total. The minimum Gasteiger partial charge on any atom is -0.393 e. The summed E-state index contributed by atoms with van der Waals surface area (Å²) in [5.74, 6) is -7.67. The summed E-state index contributed by atoms with van der Waals surface area (Å²) in [6, 6.07) is 0. The van der Waals surface area contributed by atoms with E-state index >= 15 is 0 Å². The van der Waals surface area contributed by atoms with Crippen LogP contribution in [0.15, 0.2) is 0 Å². The summed E-state index contributed by atoms with van der Waals surface area (Å²) in [5.41, 5.74) is 0. The summed E-state index contributed by atoms with van der Waals surface area (Å²) in [7, 11) is 0. The molecule has 0 heterocycles. The lowest BCUT2D eigenvalue weighted by molar-refractivity contribution is -0.393. The number of rotatable bonds is 7. The third-order valence-electron chi connectivity index (χ3n) is 1.69. The molecule has 0 bridgehead atoms. The Morgan fingerprint density at radius 2 is 1.48 bits per heavy atom. The monoisotopic (exact) mass is 330 g/mol. The molecule has 0 amide bonds. The molecule has 0 N–H and O–H groups in total. The quantitative estimate of drug-likeness (QED) is 0.407. The molecule has 0 radical (unpaired) electrons. The van der Waals surface area contributed by atoms with Gasteiger partial charge in [0.1, 0.15) is 6.61 Å². The topological polar surface area (TPSA) is 61.8 Å². The average Bonchev–Trinajstić information content (AvgIpc) is 2.24. The predicted molar refractivity (Wildman–Crippen MR) is 49.2 cm³/mol. The molecule has 0 atom stereocenters. The number of halogens is 7. The highest BCUT2D eigenvalue weighted by Crippen LogP contribution is 2.37. The maximum Gasteiger partial charge on any atom is 0.522 e. The normalized spacial score (nSPS) is 13.1. The van der Waals surface area contributed by atoms with E-state index in [0.717, 1.165) is 6.92 Å². The van der Waals surface area contributed by atoms with Crippen molar-refractivity contribution in [1.82, 2.24) is 0 Å². The number of carbonyl (C=O) groups is 2. The van der Waals surface area contributed by atoms with Crippen molar-refractivity contribution in [3.63, 3.8) is 0 Å². The van der Waals surface area contributed by atoms with Crippen LogP contribution in [-0.4, -0.2) is 43.5 Å². The van der Waals surface area contributed by atoms with Crippen molar-refractivity contribution in [3.05, 3.63) is 0 Å². The van der Waals surface area contributed by atoms with E-state index in [2.05, 4.69) is 14.2 Å². The first-order valence-corrected chi connectivity index (χ1v) is 5.08. The van der Waals surface area contributed by atoms with E-state index in [-0.39, 0.29) is 0 Å². The van der Waals surface area contributed by atoms with Gasteiger partial charge in [-0.1, -0.05) is 0 Å². The van der Waals surface area contributed by atoms with Crippen LogP contribution in [0.3, 0.4) is 0 Å². The van der Waals surface area contributed by atoms with Gasteiger partial charge < -0.3 is 9.47 Å². The Balaban J connectivity index is 4.39. The van der Waals surface area contributed by atoms with Crippen LogP contribution in [-0.2, 0) is 23.8 Å². The molecular formula is C9H9F7O5. The molecule has 0 aliphatic carbocycles. The van der Waals surface area contributed by atoms with Crippen LogP contribution in [0.4, 0.5) is 30.7 Å². The number of carbonyl (C=O) groups excluding carboxylic acids is 2. The zero-order chi connectivity index (χ0) is 16.9. The van der Waals surface area contributed by atoms with Gasteiger partial charge in [-0.15, -0.1) is 13.2 Å². The number of ether oxygens (including phenoxy) is 3. The molecule has 0 unspecified atom stereocenters. The Morgan fingerprint density at radius 3 is 1.90 bits per heavy atom. The molecule has 0 spiro atoms. The van der Waals surface area contributed by atoms with E-state index in [9.17, 15) is 40.3 Å². The molecule has 0 saturated heterocycles. The molecular weight excluding hydrogens is 321 g/mol. The maximum absolute atomic E-state index is 12.9. The van der Waals surface area contributed by atoms with Crippen LogP contribution >= 0.6 is 0 Å². The van der Waals surface area contributed by atoms with E-state index in [1.54, 1.807) is 0 Å². The van der Waals surface area contributed by atoms with Gasteiger partial charge in [0, 0.05) is 6.92 Å². The summed E-state index contributed by atoms with van der Waals surface area (Å²) in [6.45, 7) is -3.14. The number of esters is 2. The molecule has 0 rings (SSSR count). The maximum atomic E-state index is 12.9. The Hall–Kier alpha value is -1.43. The summed E-state index contributed by atoms with van der Waals surface area (Å²) < 4.78 is 95.7. The summed E-state index contributed by atoms with van der Waals surface area (Å²) >= 11 is 0. The van der Waals surface area contributed by atoms with Crippen molar-refractivity contribution in [2.24, 2.45) is 0 Å². The predicted octanol–water partition coefficient (Wildman–Crippen LogP) is 2.25. The second-order valence-electron chi connectivity index (χ2n) is 3.52. The minimum atomic E-state index is -5.52. The van der Waals surface area contributed by atoms with Crippen molar-refractivity contribution >= 4 is 11.9 Å². The number of hydrogen-bond donors (Lipinski definition) is 0. The third-order valence-corrected chi connectivity index (χ3v) is 1.69. The lowest BCUT2D eigenvalue weighted by Crippen LogP contribution is -2.47. The van der Waals surface area contributed by atoms with Crippen molar-refractivity contribution in [1.29, 1.82) is 0 Å². The van der Waals surface area contributed by atoms with Crippen LogP contribution < -0.4 is 0 Å². The van der Waals surface area contributed by atoms with E-state index in [4.69, 9.17) is 0 Å². The lowest BCUT2D eigenvalue weighted by Gasteiger charge is -2.26. The fourth-order valence-corrected chi connectivity index (χ4v) is 0.836. The molecule has 21 heavy (non-hydrogen) atoms. The molecule has 0 saturated carbocycles. The van der Waals surface area contributed by atoms with Crippen molar-refractivity contribution in [3.8, 4) is 0 Å². The van der Waals surface area contributed by atoms with Crippen LogP contribution in [0.2, 0.25) is 0 Å². The van der Waals surface area contributed by atoms with Crippen LogP contribution in [0, 0.1) is 0 Å². The molecule has 0 aromatic rings. The zero-order valence-electron chi connectivity index (χ0n) is 10.3. The smallest absolute Gasteiger partial charge is 0.393 e. The number of hydrogen-bond acceptors (Lipinski definition) is 5. The van der Waals surface area contributed by atoms with E-state index in [0.29, 0.717) is 0 Å². The number of alkyl halides is 7. The minimum absolute atomic E-state index is 0.829. The van der Waals surface area contributed by atoms with Gasteiger partial charge in [0.15, 0.2) is 0 Å². The van der Waals surface area contributed by atoms with Gasteiger partial charge in [0.05, 0.1) is 13.0 Å². The molecule has 124 valence electrons. The van der Waals surface area contributed by atoms with E-state index < -0.39 is 50.0 Å². The third kappa shape index (κ3) is 7.80. The molecule has 0 aliphatic heterocycles. The Morgan fingerprint density at radius 1 is 0.952 bits per heavy atom. The molecule has 12 heteroatoms. The van der Waals surface area contributed by atoms with Gasteiger partial charge >= 0.3 is 30.3 Å². The van der Waals surface area contributed by atoms with Crippen molar-refractivity contribution in [2.45, 2.75) is 31.7 Å². The fraction of sp³-hybridized carbons (Fsp3) is 0.778. The van der Waals surface area contributed by atoms with Crippen LogP contribution in [0.5, 0.6) is 0 Å². The summed E-state index contributed by atoms with van der Waals surface area (Å²) in [6.07, 6.45) is -11.8. The van der Waals surface area contributed by atoms with E-state index in [1.807, 2.05) is 0 Å². The second-order valence-corrected chi connectivity index (χ2v) is 3.52. The highest BCUT2D eigenvalue weighted by molar-refractivity contribution is 5.84. The van der Waals surface area contributed by atoms with Crippen molar-refractivity contribution < 1.29 is 54.5 Å². The molecule has 0 aromatic carbocycles. The van der Waals surface area contributed by atoms with Gasteiger partial charge in [-0.2, -0.15) is 17.6 Å². The van der Waals surface area contributed by atoms with Crippen LogP contribution in [0.1, 0.15) is 13.3 Å². The first-order chi connectivity index (χ1) is 9.27. The van der Waals surface area contributed by atoms with Gasteiger partial charge in [-0.25, -0.2) is 0 Å². The highest BCUT2D eigenvalue weighted by Gasteiger charge is 2.59. The Bertz CT molecular complexity index is 379.